The van der Waals surface area contributed by atoms with Gasteiger partial charge in [-0.15, -0.1) is 0 Å². The first-order valence-corrected chi connectivity index (χ1v) is 6.43. The van der Waals surface area contributed by atoms with E-state index >= 15 is 0 Å². The summed E-state index contributed by atoms with van der Waals surface area (Å²) in [4.78, 5) is 27.1. The fraction of sp³-hybridized carbons (Fsp3) is 0.154. The molecule has 19 heavy (non-hydrogen) atoms. The van der Waals surface area contributed by atoms with Crippen LogP contribution in [0.2, 0.25) is 0 Å². The third kappa shape index (κ3) is 3.08. The molecular formula is C13H11BrN2O3. The number of fused-ring (bicyclic) bond motifs is 1. The summed E-state index contributed by atoms with van der Waals surface area (Å²) in [5.41, 5.74) is 1.09. The van der Waals surface area contributed by atoms with Gasteiger partial charge >= 0.3 is 11.9 Å². The minimum absolute atomic E-state index is 0.160. The van der Waals surface area contributed by atoms with Gasteiger partial charge < -0.3 is 10.1 Å². The number of nitrogens with one attached hydrogen (secondary N) is 1. The van der Waals surface area contributed by atoms with Gasteiger partial charge in [0.25, 0.3) is 0 Å². The Hall–Kier alpha value is -1.95. The van der Waals surface area contributed by atoms with Gasteiger partial charge in [0.15, 0.2) is 0 Å². The zero-order valence-corrected chi connectivity index (χ0v) is 11.7. The molecule has 1 heterocycles. The highest BCUT2D eigenvalue weighted by Gasteiger charge is 2.16. The van der Waals surface area contributed by atoms with Crippen molar-refractivity contribution in [1.82, 2.24) is 4.98 Å². The van der Waals surface area contributed by atoms with Gasteiger partial charge in [0.05, 0.1) is 17.8 Å². The largest absolute Gasteiger partial charge is 0.459 e. The van der Waals surface area contributed by atoms with Gasteiger partial charge in [-0.1, -0.05) is 12.1 Å². The van der Waals surface area contributed by atoms with Gasteiger partial charge in [0.1, 0.15) is 0 Å². The molecule has 0 spiro atoms. The van der Waals surface area contributed by atoms with Crippen LogP contribution in [0.15, 0.2) is 34.9 Å². The molecule has 0 atom stereocenters. The molecule has 98 valence electrons. The summed E-state index contributed by atoms with van der Waals surface area (Å²) >= 11 is 3.33. The lowest BCUT2D eigenvalue weighted by atomic mass is 10.2. The average molecular weight is 323 g/mol. The summed E-state index contributed by atoms with van der Waals surface area (Å²) in [7, 11) is 0. The number of aromatic nitrogens is 1. The smallest absolute Gasteiger partial charge is 0.397 e. The summed E-state index contributed by atoms with van der Waals surface area (Å²) in [6, 6.07) is 7.20. The Morgan fingerprint density at radius 3 is 2.95 bits per heavy atom. The van der Waals surface area contributed by atoms with E-state index in [1.807, 2.05) is 12.1 Å². The molecule has 0 radical (unpaired) electrons. The first kappa shape index (κ1) is 13.5. The van der Waals surface area contributed by atoms with Crippen LogP contribution in [-0.2, 0) is 14.3 Å². The lowest BCUT2D eigenvalue weighted by Crippen LogP contribution is -2.25. The second-order valence-corrected chi connectivity index (χ2v) is 4.62. The molecule has 0 fully saturated rings. The van der Waals surface area contributed by atoms with Gasteiger partial charge in [0.2, 0.25) is 0 Å². The van der Waals surface area contributed by atoms with Gasteiger partial charge in [-0.2, -0.15) is 0 Å². The van der Waals surface area contributed by atoms with Crippen LogP contribution in [0.5, 0.6) is 0 Å². The SMILES string of the molecule is CCOC(=O)C(=O)Nc1cccc2cc(Br)cnc12. The van der Waals surface area contributed by atoms with Crippen molar-refractivity contribution < 1.29 is 14.3 Å². The maximum Gasteiger partial charge on any atom is 0.397 e. The van der Waals surface area contributed by atoms with Gasteiger partial charge in [-0.3, -0.25) is 9.78 Å². The van der Waals surface area contributed by atoms with E-state index in [2.05, 4.69) is 31.0 Å². The summed E-state index contributed by atoms with van der Waals surface area (Å²) in [6.45, 7) is 1.80. The Kier molecular flexibility index (Phi) is 4.11. The molecule has 1 aromatic heterocycles. The number of hydrogen-bond acceptors (Lipinski definition) is 4. The van der Waals surface area contributed by atoms with Crippen LogP contribution in [0, 0.1) is 0 Å². The molecule has 2 aromatic rings. The summed E-state index contributed by atoms with van der Waals surface area (Å²) in [6.07, 6.45) is 1.63. The standard InChI is InChI=1S/C13H11BrN2O3/c1-2-19-13(18)12(17)16-10-5-3-4-8-6-9(14)7-15-11(8)10/h3-7H,2H2,1H3,(H,16,17). The molecule has 0 unspecified atom stereocenters. The second-order valence-electron chi connectivity index (χ2n) is 3.71. The van der Waals surface area contributed by atoms with E-state index in [0.717, 1.165) is 9.86 Å². The number of anilines is 1. The highest BCUT2D eigenvalue weighted by atomic mass is 79.9. The Bertz CT molecular complexity index is 643. The lowest BCUT2D eigenvalue weighted by Gasteiger charge is -2.07. The first-order valence-electron chi connectivity index (χ1n) is 5.64. The monoisotopic (exact) mass is 322 g/mol. The molecule has 1 N–H and O–H groups in total. The fourth-order valence-electron chi connectivity index (χ4n) is 1.60. The molecule has 0 aliphatic carbocycles. The molecule has 0 aliphatic rings. The van der Waals surface area contributed by atoms with Crippen molar-refractivity contribution in [3.05, 3.63) is 34.9 Å². The van der Waals surface area contributed by atoms with Crippen LogP contribution in [-0.4, -0.2) is 23.5 Å². The number of esters is 1. The topological polar surface area (TPSA) is 68.3 Å². The molecule has 5 nitrogen and oxygen atoms in total. The van der Waals surface area contributed by atoms with Crippen LogP contribution >= 0.6 is 15.9 Å². The van der Waals surface area contributed by atoms with E-state index < -0.39 is 11.9 Å². The molecule has 0 aliphatic heterocycles. The minimum atomic E-state index is -0.906. The van der Waals surface area contributed by atoms with E-state index in [1.165, 1.54) is 0 Å². The number of nitrogens with zero attached hydrogens (tertiary/aromatic N) is 1. The van der Waals surface area contributed by atoms with Crippen molar-refractivity contribution in [3.8, 4) is 0 Å². The van der Waals surface area contributed by atoms with Gasteiger partial charge in [0, 0.05) is 16.1 Å². The van der Waals surface area contributed by atoms with Crippen LogP contribution in [0.4, 0.5) is 5.69 Å². The van der Waals surface area contributed by atoms with Crippen molar-refractivity contribution in [3.63, 3.8) is 0 Å². The van der Waals surface area contributed by atoms with E-state index in [-0.39, 0.29) is 6.61 Å². The molecule has 0 bridgehead atoms. The first-order chi connectivity index (χ1) is 9.11. The van der Waals surface area contributed by atoms with Crippen molar-refractivity contribution >= 4 is 44.4 Å². The number of carbonyl (C=O) groups excluding carboxylic acids is 2. The highest BCUT2D eigenvalue weighted by molar-refractivity contribution is 9.10. The van der Waals surface area contributed by atoms with E-state index in [4.69, 9.17) is 0 Å². The van der Waals surface area contributed by atoms with Crippen LogP contribution in [0.1, 0.15) is 6.92 Å². The maximum atomic E-state index is 11.6. The van der Waals surface area contributed by atoms with Crippen molar-refractivity contribution in [2.24, 2.45) is 0 Å². The summed E-state index contributed by atoms with van der Waals surface area (Å²) < 4.78 is 5.47. The molecule has 2 rings (SSSR count). The van der Waals surface area contributed by atoms with E-state index in [1.54, 1.807) is 25.3 Å². The zero-order chi connectivity index (χ0) is 13.8. The zero-order valence-electron chi connectivity index (χ0n) is 10.1. The van der Waals surface area contributed by atoms with Crippen molar-refractivity contribution in [1.29, 1.82) is 0 Å². The predicted octanol–water partition coefficient (Wildman–Crippen LogP) is 2.50. The van der Waals surface area contributed by atoms with E-state index in [9.17, 15) is 9.59 Å². The Morgan fingerprint density at radius 1 is 1.42 bits per heavy atom. The molecule has 0 saturated carbocycles. The van der Waals surface area contributed by atoms with Gasteiger partial charge in [-0.05, 0) is 35.0 Å². The summed E-state index contributed by atoms with van der Waals surface area (Å²) in [5, 5.41) is 3.36. The number of pyridine rings is 1. The third-order valence-corrected chi connectivity index (χ3v) is 2.82. The summed E-state index contributed by atoms with van der Waals surface area (Å²) in [5.74, 6) is -1.71. The number of para-hydroxylation sites is 1. The Balaban J connectivity index is 2.31. The molecular weight excluding hydrogens is 312 g/mol. The minimum Gasteiger partial charge on any atom is -0.459 e. The van der Waals surface area contributed by atoms with Crippen molar-refractivity contribution in [2.45, 2.75) is 6.92 Å². The number of hydrogen-bond donors (Lipinski definition) is 1. The molecule has 1 aromatic carbocycles. The second kappa shape index (κ2) is 5.79. The Morgan fingerprint density at radius 2 is 2.21 bits per heavy atom. The molecule has 1 amide bonds. The van der Waals surface area contributed by atoms with Crippen molar-refractivity contribution in [2.75, 3.05) is 11.9 Å². The number of benzene rings is 1. The number of rotatable bonds is 2. The van der Waals surface area contributed by atoms with Crippen LogP contribution in [0.3, 0.4) is 0 Å². The number of amides is 1. The average Bonchev–Trinajstić information content (AvgIpc) is 2.38. The Labute approximate surface area is 118 Å². The van der Waals surface area contributed by atoms with Crippen LogP contribution < -0.4 is 5.32 Å². The predicted molar refractivity (Wildman–Crippen MR) is 74.7 cm³/mol. The maximum absolute atomic E-state index is 11.6. The number of ether oxygens (including phenoxy) is 1. The number of carbonyl (C=O) groups is 2. The number of halogens is 1. The quantitative estimate of drug-likeness (QED) is 0.681. The lowest BCUT2D eigenvalue weighted by molar-refractivity contribution is -0.152. The molecule has 6 heteroatoms. The van der Waals surface area contributed by atoms with E-state index in [0.29, 0.717) is 11.2 Å². The normalized spacial score (nSPS) is 10.2. The van der Waals surface area contributed by atoms with Crippen LogP contribution in [0.25, 0.3) is 10.9 Å². The third-order valence-electron chi connectivity index (χ3n) is 2.39. The molecule has 0 saturated heterocycles. The highest BCUT2D eigenvalue weighted by Crippen LogP contribution is 2.23. The van der Waals surface area contributed by atoms with Gasteiger partial charge in [-0.25, -0.2) is 4.79 Å². The fourth-order valence-corrected chi connectivity index (χ4v) is 1.95.